The predicted molar refractivity (Wildman–Crippen MR) is 145 cm³/mol. The van der Waals surface area contributed by atoms with E-state index in [-0.39, 0.29) is 44.7 Å². The summed E-state index contributed by atoms with van der Waals surface area (Å²) in [6.07, 6.45) is 3.53. The number of hydrogen-bond acceptors (Lipinski definition) is 8. The predicted octanol–water partition coefficient (Wildman–Crippen LogP) is 4.03. The summed E-state index contributed by atoms with van der Waals surface area (Å²) in [4.78, 5) is 31.2. The zero-order chi connectivity index (χ0) is 28.6. The molecule has 0 unspecified atom stereocenters. The van der Waals surface area contributed by atoms with Crippen LogP contribution in [0.15, 0.2) is 42.6 Å². The molecule has 5 rings (SSSR count). The van der Waals surface area contributed by atoms with E-state index in [4.69, 9.17) is 5.73 Å². The van der Waals surface area contributed by atoms with E-state index in [0.717, 1.165) is 36.3 Å². The minimum Gasteiger partial charge on any atom is -0.386 e. The van der Waals surface area contributed by atoms with Crippen molar-refractivity contribution in [3.63, 3.8) is 0 Å². The van der Waals surface area contributed by atoms with E-state index in [9.17, 15) is 23.5 Å². The van der Waals surface area contributed by atoms with Gasteiger partial charge in [0.2, 0.25) is 0 Å². The Morgan fingerprint density at radius 1 is 1.15 bits per heavy atom. The number of pyridine rings is 1. The SMILES string of the molecule is CC(C)(O)c1cc(F)c(-c2cc(C(N)=O)c(Nc3cccc(Cn4cc(C(=O)N5CCCC5)nn4)n3)s2)c(F)c1. The Hall–Kier alpha value is -4.23. The van der Waals surface area contributed by atoms with Gasteiger partial charge in [-0.05, 0) is 62.6 Å². The second-order valence-electron chi connectivity index (χ2n) is 10.0. The van der Waals surface area contributed by atoms with E-state index in [1.54, 1.807) is 29.3 Å². The minimum atomic E-state index is -1.44. The molecule has 0 spiro atoms. The van der Waals surface area contributed by atoms with Crippen LogP contribution in [0.1, 0.15) is 58.8 Å². The van der Waals surface area contributed by atoms with Crippen molar-refractivity contribution >= 4 is 34.0 Å². The molecule has 0 saturated carbocycles. The van der Waals surface area contributed by atoms with Crippen LogP contribution in [0.5, 0.6) is 0 Å². The molecule has 0 atom stereocenters. The van der Waals surface area contributed by atoms with Gasteiger partial charge in [0.25, 0.3) is 11.8 Å². The Bertz CT molecular complexity index is 1570. The van der Waals surface area contributed by atoms with Crippen LogP contribution in [0, 0.1) is 11.6 Å². The number of nitrogens with two attached hydrogens (primary N) is 1. The van der Waals surface area contributed by atoms with E-state index in [0.29, 0.717) is 24.6 Å². The van der Waals surface area contributed by atoms with Crippen molar-refractivity contribution in [2.45, 2.75) is 38.8 Å². The third-order valence-electron chi connectivity index (χ3n) is 6.52. The molecule has 40 heavy (non-hydrogen) atoms. The molecule has 1 aliphatic rings. The van der Waals surface area contributed by atoms with Gasteiger partial charge in [0.05, 0.1) is 35.2 Å². The van der Waals surface area contributed by atoms with Crippen LogP contribution >= 0.6 is 11.3 Å². The maximum absolute atomic E-state index is 15.0. The number of likely N-dealkylation sites (tertiary alicyclic amines) is 1. The van der Waals surface area contributed by atoms with Crippen LogP contribution < -0.4 is 11.1 Å². The first-order chi connectivity index (χ1) is 19.0. The number of amides is 2. The molecule has 208 valence electrons. The lowest BCUT2D eigenvalue weighted by Gasteiger charge is -2.18. The molecule has 4 N–H and O–H groups in total. The molecule has 0 radical (unpaired) electrons. The fraction of sp³-hybridized carbons (Fsp3) is 0.296. The standard InChI is InChI=1S/C27H27F2N7O3S/c1-27(2,39)15-10-18(28)23(19(29)11-15)21-12-17(24(30)37)25(40-21)32-22-7-5-6-16(31-22)13-36-14-20(33-34-36)26(38)35-8-3-4-9-35/h5-7,10-12,14,39H,3-4,8-9,13H2,1-2H3,(H2,30,37)(H,31,32). The number of aliphatic hydroxyl groups is 1. The largest absolute Gasteiger partial charge is 0.386 e. The summed E-state index contributed by atoms with van der Waals surface area (Å²) in [7, 11) is 0. The number of carbonyl (C=O) groups is 2. The summed E-state index contributed by atoms with van der Waals surface area (Å²) >= 11 is 0.942. The number of halogens is 2. The average molecular weight is 568 g/mol. The van der Waals surface area contributed by atoms with E-state index in [2.05, 4.69) is 20.6 Å². The number of aromatic nitrogens is 4. The van der Waals surface area contributed by atoms with Crippen LogP contribution in [-0.4, -0.2) is 54.9 Å². The number of thiophene rings is 1. The number of carbonyl (C=O) groups excluding carboxylic acids is 2. The molecule has 1 saturated heterocycles. The quantitative estimate of drug-likeness (QED) is 0.292. The minimum absolute atomic E-state index is 0.0407. The van der Waals surface area contributed by atoms with Gasteiger partial charge in [-0.1, -0.05) is 11.3 Å². The summed E-state index contributed by atoms with van der Waals surface area (Å²) < 4.78 is 31.4. The number of nitrogens with zero attached hydrogens (tertiary/aromatic N) is 5. The zero-order valence-electron chi connectivity index (χ0n) is 21.8. The number of nitrogens with one attached hydrogen (secondary N) is 1. The van der Waals surface area contributed by atoms with Crippen molar-refractivity contribution in [2.24, 2.45) is 5.73 Å². The van der Waals surface area contributed by atoms with Crippen molar-refractivity contribution in [3.8, 4) is 10.4 Å². The van der Waals surface area contributed by atoms with Gasteiger partial charge in [-0.15, -0.1) is 16.4 Å². The lowest BCUT2D eigenvalue weighted by atomic mass is 9.96. The molecule has 1 aromatic carbocycles. The fourth-order valence-electron chi connectivity index (χ4n) is 4.43. The van der Waals surface area contributed by atoms with Crippen molar-refractivity contribution in [2.75, 3.05) is 18.4 Å². The Kier molecular flexibility index (Phi) is 7.34. The van der Waals surface area contributed by atoms with Gasteiger partial charge in [-0.25, -0.2) is 18.4 Å². The van der Waals surface area contributed by atoms with Crippen molar-refractivity contribution in [1.29, 1.82) is 0 Å². The highest BCUT2D eigenvalue weighted by Crippen LogP contribution is 2.40. The van der Waals surface area contributed by atoms with Gasteiger partial charge in [0.15, 0.2) is 5.69 Å². The molecule has 2 amide bonds. The fourth-order valence-corrected chi connectivity index (χ4v) is 5.55. The highest BCUT2D eigenvalue weighted by Gasteiger charge is 2.25. The molecule has 10 nitrogen and oxygen atoms in total. The molecule has 0 bridgehead atoms. The first kappa shape index (κ1) is 27.3. The summed E-state index contributed by atoms with van der Waals surface area (Å²) in [5.41, 5.74) is 4.77. The maximum atomic E-state index is 15.0. The highest BCUT2D eigenvalue weighted by molar-refractivity contribution is 7.20. The van der Waals surface area contributed by atoms with Gasteiger partial charge in [0.1, 0.15) is 22.5 Å². The number of anilines is 2. The lowest BCUT2D eigenvalue weighted by molar-refractivity contribution is 0.0775. The molecule has 13 heteroatoms. The second kappa shape index (κ2) is 10.7. The summed E-state index contributed by atoms with van der Waals surface area (Å²) in [6.45, 7) is 4.51. The van der Waals surface area contributed by atoms with Gasteiger partial charge in [-0.3, -0.25) is 9.59 Å². The molecule has 3 aromatic heterocycles. The normalized spacial score (nSPS) is 13.6. The van der Waals surface area contributed by atoms with Gasteiger partial charge in [0, 0.05) is 18.0 Å². The molecule has 1 fully saturated rings. The Labute approximate surface area is 232 Å². The monoisotopic (exact) mass is 567 g/mol. The smallest absolute Gasteiger partial charge is 0.276 e. The first-order valence-corrected chi connectivity index (χ1v) is 13.4. The highest BCUT2D eigenvalue weighted by atomic mass is 32.1. The molecule has 4 aromatic rings. The van der Waals surface area contributed by atoms with Gasteiger partial charge >= 0.3 is 0 Å². The average Bonchev–Trinajstić information content (AvgIpc) is 3.65. The number of benzene rings is 1. The number of primary amides is 1. The van der Waals surface area contributed by atoms with Crippen LogP contribution in [0.4, 0.5) is 19.6 Å². The molecule has 4 heterocycles. The van der Waals surface area contributed by atoms with Crippen molar-refractivity contribution in [1.82, 2.24) is 24.9 Å². The van der Waals surface area contributed by atoms with E-state index in [1.165, 1.54) is 24.6 Å². The van der Waals surface area contributed by atoms with Gasteiger partial charge in [-0.2, -0.15) is 0 Å². The maximum Gasteiger partial charge on any atom is 0.276 e. The molecule has 0 aliphatic carbocycles. The van der Waals surface area contributed by atoms with Crippen LogP contribution in [0.2, 0.25) is 0 Å². The number of rotatable bonds is 8. The molecular formula is C27H27F2N7O3S. The Balaban J connectivity index is 1.37. The number of hydrogen-bond donors (Lipinski definition) is 3. The summed E-state index contributed by atoms with van der Waals surface area (Å²) in [6, 6.07) is 8.61. The van der Waals surface area contributed by atoms with Crippen LogP contribution in [-0.2, 0) is 12.1 Å². The summed E-state index contributed by atoms with van der Waals surface area (Å²) in [5.74, 6) is -2.33. The zero-order valence-corrected chi connectivity index (χ0v) is 22.6. The first-order valence-electron chi connectivity index (χ1n) is 12.6. The van der Waals surface area contributed by atoms with E-state index < -0.39 is 23.1 Å². The lowest BCUT2D eigenvalue weighted by Crippen LogP contribution is -2.27. The Morgan fingerprint density at radius 3 is 2.50 bits per heavy atom. The van der Waals surface area contributed by atoms with Crippen LogP contribution in [0.3, 0.4) is 0 Å². The second-order valence-corrected chi connectivity index (χ2v) is 11.1. The van der Waals surface area contributed by atoms with Crippen molar-refractivity contribution < 1.29 is 23.5 Å². The summed E-state index contributed by atoms with van der Waals surface area (Å²) in [5, 5.41) is 21.5. The van der Waals surface area contributed by atoms with E-state index in [1.807, 2.05) is 0 Å². The molecule has 1 aliphatic heterocycles. The third kappa shape index (κ3) is 5.70. The van der Waals surface area contributed by atoms with Crippen molar-refractivity contribution in [3.05, 3.63) is 76.7 Å². The Morgan fingerprint density at radius 2 is 1.85 bits per heavy atom. The topological polar surface area (TPSA) is 139 Å². The van der Waals surface area contributed by atoms with Crippen LogP contribution in [0.25, 0.3) is 10.4 Å². The van der Waals surface area contributed by atoms with Gasteiger partial charge < -0.3 is 21.1 Å². The third-order valence-corrected chi connectivity index (χ3v) is 7.58. The van der Waals surface area contributed by atoms with E-state index >= 15 is 0 Å². The molecular weight excluding hydrogens is 540 g/mol.